The number of nitrogen functional groups attached to an aromatic ring is 1. The Labute approximate surface area is 95.4 Å². The van der Waals surface area contributed by atoms with E-state index in [4.69, 9.17) is 5.73 Å². The lowest BCUT2D eigenvalue weighted by atomic mass is 10.2. The maximum absolute atomic E-state index is 11.2. The second-order valence-corrected chi connectivity index (χ2v) is 4.22. The first-order valence-electron chi connectivity index (χ1n) is 5.53. The molecular weight excluding hydrogens is 202 g/mol. The molecule has 1 amide bonds. The molecule has 4 nitrogen and oxygen atoms in total. The van der Waals surface area contributed by atoms with Crippen molar-refractivity contribution in [2.24, 2.45) is 0 Å². The average Bonchev–Trinajstić information content (AvgIpc) is 2.70. The number of carbonyl (C=O) groups is 1. The van der Waals surface area contributed by atoms with Gasteiger partial charge in [0.05, 0.1) is 0 Å². The molecule has 1 aromatic rings. The van der Waals surface area contributed by atoms with E-state index in [-0.39, 0.29) is 5.91 Å². The van der Waals surface area contributed by atoms with E-state index in [0.717, 1.165) is 30.9 Å². The van der Waals surface area contributed by atoms with Crippen LogP contribution >= 0.6 is 0 Å². The number of hydrogen-bond acceptors (Lipinski definition) is 3. The van der Waals surface area contributed by atoms with Crippen molar-refractivity contribution in [1.29, 1.82) is 0 Å². The summed E-state index contributed by atoms with van der Waals surface area (Å²) in [5.41, 5.74) is 7.44. The minimum absolute atomic E-state index is 0.154. The van der Waals surface area contributed by atoms with Gasteiger partial charge >= 0.3 is 0 Å². The Morgan fingerprint density at radius 1 is 1.44 bits per heavy atom. The predicted molar refractivity (Wildman–Crippen MR) is 65.1 cm³/mol. The molecule has 1 aliphatic heterocycles. The zero-order valence-electron chi connectivity index (χ0n) is 9.44. The number of hydrogen-bond donors (Lipinski definition) is 2. The van der Waals surface area contributed by atoms with E-state index in [1.165, 1.54) is 0 Å². The summed E-state index contributed by atoms with van der Waals surface area (Å²) in [5.74, 6) is 0.154. The van der Waals surface area contributed by atoms with Crippen molar-refractivity contribution in [1.82, 2.24) is 4.90 Å². The van der Waals surface area contributed by atoms with Crippen molar-refractivity contribution >= 4 is 17.3 Å². The summed E-state index contributed by atoms with van der Waals surface area (Å²) in [5, 5.41) is 3.40. The van der Waals surface area contributed by atoms with Gasteiger partial charge in [0.2, 0.25) is 5.91 Å². The topological polar surface area (TPSA) is 58.4 Å². The van der Waals surface area contributed by atoms with Crippen LogP contribution in [0.15, 0.2) is 24.3 Å². The number of benzene rings is 1. The summed E-state index contributed by atoms with van der Waals surface area (Å²) in [6.07, 6.45) is 1.00. The maximum atomic E-state index is 11.2. The van der Waals surface area contributed by atoms with E-state index in [1.54, 1.807) is 6.92 Å². The van der Waals surface area contributed by atoms with Crippen LogP contribution in [0.3, 0.4) is 0 Å². The zero-order valence-corrected chi connectivity index (χ0v) is 9.44. The number of nitrogens with one attached hydrogen (secondary N) is 1. The predicted octanol–water partition coefficient (Wildman–Crippen LogP) is 1.30. The molecule has 0 aromatic heterocycles. The van der Waals surface area contributed by atoms with Crippen molar-refractivity contribution < 1.29 is 4.79 Å². The van der Waals surface area contributed by atoms with Crippen molar-refractivity contribution in [3.63, 3.8) is 0 Å². The highest BCUT2D eigenvalue weighted by molar-refractivity contribution is 5.73. The van der Waals surface area contributed by atoms with Gasteiger partial charge in [0.15, 0.2) is 0 Å². The molecule has 86 valence electrons. The Morgan fingerprint density at radius 2 is 2.12 bits per heavy atom. The summed E-state index contributed by atoms with van der Waals surface area (Å²) < 4.78 is 0. The molecule has 0 bridgehead atoms. The van der Waals surface area contributed by atoms with Crippen LogP contribution in [0.4, 0.5) is 11.4 Å². The lowest BCUT2D eigenvalue weighted by molar-refractivity contribution is -0.127. The number of anilines is 2. The quantitative estimate of drug-likeness (QED) is 0.737. The van der Waals surface area contributed by atoms with Gasteiger partial charge in [-0.1, -0.05) is 0 Å². The molecule has 0 spiro atoms. The molecule has 3 N–H and O–H groups in total. The molecule has 0 radical (unpaired) electrons. The molecule has 0 aliphatic carbocycles. The first kappa shape index (κ1) is 10.8. The molecule has 1 aliphatic rings. The van der Waals surface area contributed by atoms with Crippen LogP contribution < -0.4 is 11.1 Å². The minimum atomic E-state index is 0.154. The molecule has 1 aromatic carbocycles. The Bertz CT molecular complexity index is 374. The third-order valence-corrected chi connectivity index (χ3v) is 2.92. The number of rotatable bonds is 2. The second kappa shape index (κ2) is 4.43. The highest BCUT2D eigenvalue weighted by Gasteiger charge is 2.23. The lowest BCUT2D eigenvalue weighted by Gasteiger charge is -2.16. The molecule has 1 fully saturated rings. The van der Waals surface area contributed by atoms with Gasteiger partial charge in [-0.15, -0.1) is 0 Å². The summed E-state index contributed by atoms with van der Waals surface area (Å²) in [4.78, 5) is 13.0. The second-order valence-electron chi connectivity index (χ2n) is 4.22. The third kappa shape index (κ3) is 2.45. The van der Waals surface area contributed by atoms with E-state index in [9.17, 15) is 4.79 Å². The van der Waals surface area contributed by atoms with Crippen molar-refractivity contribution in [3.8, 4) is 0 Å². The molecule has 2 rings (SSSR count). The lowest BCUT2D eigenvalue weighted by Crippen LogP contribution is -2.29. The van der Waals surface area contributed by atoms with Crippen LogP contribution in [0.2, 0.25) is 0 Å². The molecule has 1 unspecified atom stereocenters. The first-order chi connectivity index (χ1) is 7.65. The van der Waals surface area contributed by atoms with Gasteiger partial charge in [0.25, 0.3) is 0 Å². The highest BCUT2D eigenvalue weighted by Crippen LogP contribution is 2.17. The van der Waals surface area contributed by atoms with Gasteiger partial charge in [0.1, 0.15) is 0 Å². The fourth-order valence-electron chi connectivity index (χ4n) is 1.98. The van der Waals surface area contributed by atoms with E-state index in [1.807, 2.05) is 29.2 Å². The highest BCUT2D eigenvalue weighted by atomic mass is 16.2. The van der Waals surface area contributed by atoms with Crippen LogP contribution in [0.1, 0.15) is 13.3 Å². The maximum Gasteiger partial charge on any atom is 0.219 e. The Hall–Kier alpha value is -1.71. The molecule has 16 heavy (non-hydrogen) atoms. The summed E-state index contributed by atoms with van der Waals surface area (Å²) >= 11 is 0. The molecule has 1 heterocycles. The average molecular weight is 219 g/mol. The number of amides is 1. The van der Waals surface area contributed by atoms with Gasteiger partial charge in [-0.25, -0.2) is 0 Å². The van der Waals surface area contributed by atoms with Gasteiger partial charge < -0.3 is 16.0 Å². The number of nitrogens with two attached hydrogens (primary N) is 1. The summed E-state index contributed by atoms with van der Waals surface area (Å²) in [6, 6.07) is 8.03. The van der Waals surface area contributed by atoms with Crippen LogP contribution in [-0.4, -0.2) is 29.9 Å². The summed E-state index contributed by atoms with van der Waals surface area (Å²) in [7, 11) is 0. The largest absolute Gasteiger partial charge is 0.399 e. The third-order valence-electron chi connectivity index (χ3n) is 2.92. The van der Waals surface area contributed by atoms with E-state index in [2.05, 4.69) is 5.32 Å². The zero-order chi connectivity index (χ0) is 11.5. The van der Waals surface area contributed by atoms with Gasteiger partial charge in [-0.05, 0) is 30.7 Å². The Morgan fingerprint density at radius 3 is 2.69 bits per heavy atom. The van der Waals surface area contributed by atoms with Crippen LogP contribution in [-0.2, 0) is 4.79 Å². The Kier molecular flexibility index (Phi) is 2.99. The molecule has 1 atom stereocenters. The smallest absolute Gasteiger partial charge is 0.219 e. The van der Waals surface area contributed by atoms with Crippen LogP contribution in [0.25, 0.3) is 0 Å². The fraction of sp³-hybridized carbons (Fsp3) is 0.417. The number of likely N-dealkylation sites (tertiary alicyclic amines) is 1. The molecule has 0 saturated carbocycles. The Balaban J connectivity index is 1.92. The molecule has 1 saturated heterocycles. The van der Waals surface area contributed by atoms with E-state index in [0.29, 0.717) is 6.04 Å². The van der Waals surface area contributed by atoms with Gasteiger partial charge in [-0.2, -0.15) is 0 Å². The van der Waals surface area contributed by atoms with E-state index < -0.39 is 0 Å². The standard InChI is InChI=1S/C12H17N3O/c1-9(16)15-7-6-12(8-15)14-11-4-2-10(13)3-5-11/h2-5,12,14H,6-8,13H2,1H3. The van der Waals surface area contributed by atoms with Crippen molar-refractivity contribution in [3.05, 3.63) is 24.3 Å². The summed E-state index contributed by atoms with van der Waals surface area (Å²) in [6.45, 7) is 3.26. The number of nitrogens with zero attached hydrogens (tertiary/aromatic N) is 1. The molecular formula is C12H17N3O. The van der Waals surface area contributed by atoms with Crippen LogP contribution in [0, 0.1) is 0 Å². The first-order valence-corrected chi connectivity index (χ1v) is 5.53. The van der Waals surface area contributed by atoms with Crippen molar-refractivity contribution in [2.75, 3.05) is 24.1 Å². The van der Waals surface area contributed by atoms with Gasteiger partial charge in [0, 0.05) is 37.4 Å². The normalized spacial score (nSPS) is 19.8. The van der Waals surface area contributed by atoms with Crippen LogP contribution in [0.5, 0.6) is 0 Å². The fourth-order valence-corrected chi connectivity index (χ4v) is 1.98. The minimum Gasteiger partial charge on any atom is -0.399 e. The van der Waals surface area contributed by atoms with Gasteiger partial charge in [-0.3, -0.25) is 4.79 Å². The van der Waals surface area contributed by atoms with Crippen molar-refractivity contribution in [2.45, 2.75) is 19.4 Å². The van der Waals surface area contributed by atoms with E-state index >= 15 is 0 Å². The number of carbonyl (C=O) groups excluding carboxylic acids is 1. The molecule has 4 heteroatoms. The SMILES string of the molecule is CC(=O)N1CCC(Nc2ccc(N)cc2)C1. The monoisotopic (exact) mass is 219 g/mol.